The Morgan fingerprint density at radius 1 is 0.426 bits per heavy atom. The lowest BCUT2D eigenvalue weighted by atomic mass is 9.98. The van der Waals surface area contributed by atoms with Crippen molar-refractivity contribution in [2.75, 3.05) is 0 Å². The number of hydrogen-bond donors (Lipinski definition) is 0. The second kappa shape index (κ2) is 11.7. The Morgan fingerprint density at radius 2 is 0.926 bits per heavy atom. The maximum atomic E-state index is 2.55. The summed E-state index contributed by atoms with van der Waals surface area (Å²) in [6.45, 7) is 6.71. The first-order valence-corrected chi connectivity index (χ1v) is 19.1. The van der Waals surface area contributed by atoms with Crippen LogP contribution in [-0.4, -0.2) is 13.7 Å². The van der Waals surface area contributed by atoms with Gasteiger partial charge in [-0.3, -0.25) is 0 Å². The molecule has 3 heterocycles. The number of benzene rings is 7. The van der Waals surface area contributed by atoms with Crippen molar-refractivity contribution in [3.05, 3.63) is 180 Å². The molecule has 3 heteroatoms. The molecule has 11 rings (SSSR count). The van der Waals surface area contributed by atoms with Gasteiger partial charge < -0.3 is 13.7 Å². The molecule has 0 saturated carbocycles. The third kappa shape index (κ3) is 4.48. The molecular formula is C51H39N3. The van der Waals surface area contributed by atoms with Gasteiger partial charge in [0.2, 0.25) is 0 Å². The van der Waals surface area contributed by atoms with Gasteiger partial charge in [-0.25, -0.2) is 0 Å². The zero-order valence-electron chi connectivity index (χ0n) is 30.8. The minimum absolute atomic E-state index is 1.05. The van der Waals surface area contributed by atoms with Crippen LogP contribution in [0.25, 0.3) is 88.8 Å². The fraction of sp³-hybridized carbons (Fsp3) is 0.0980. The number of nitrogens with zero attached hydrogens (tertiary/aromatic N) is 3. The van der Waals surface area contributed by atoms with Crippen LogP contribution in [-0.2, 0) is 6.42 Å². The van der Waals surface area contributed by atoms with Gasteiger partial charge in [-0.05, 0) is 117 Å². The first-order valence-electron chi connectivity index (χ1n) is 19.1. The van der Waals surface area contributed by atoms with Crippen molar-refractivity contribution in [1.29, 1.82) is 0 Å². The van der Waals surface area contributed by atoms with E-state index in [-0.39, 0.29) is 0 Å². The summed E-state index contributed by atoms with van der Waals surface area (Å²) in [5, 5.41) is 6.39. The van der Waals surface area contributed by atoms with Crippen LogP contribution in [0.5, 0.6) is 0 Å². The highest BCUT2D eigenvalue weighted by Gasteiger charge is 2.22. The molecular weight excluding hydrogens is 655 g/mol. The maximum Gasteiger partial charge on any atom is 0.0541 e. The molecule has 7 aromatic carbocycles. The minimum atomic E-state index is 1.05. The average molecular weight is 694 g/mol. The third-order valence-electron chi connectivity index (χ3n) is 11.7. The molecule has 0 bridgehead atoms. The number of fused-ring (bicyclic) bond motifs is 9. The van der Waals surface area contributed by atoms with E-state index in [9.17, 15) is 0 Å². The van der Waals surface area contributed by atoms with Crippen molar-refractivity contribution in [3.63, 3.8) is 0 Å². The standard InChI is InChI=1S/C51H39N3/c1-32-27-33(2)51(34(3)28-32)54-48-22-11-7-18-42(48)44-30-36(24-26-50(44)54)35-23-25-49-43(29-35)41-17-6-10-21-47(41)53(49)38-14-12-13-37(31-38)52-45-19-8-4-15-39(45)40-16-5-9-20-46(40)52/h4-10,12-21,23-31H,11,22H2,1-3H3. The summed E-state index contributed by atoms with van der Waals surface area (Å²) in [5.74, 6) is 0. The molecule has 10 aromatic rings. The van der Waals surface area contributed by atoms with Crippen LogP contribution in [0.3, 0.4) is 0 Å². The monoisotopic (exact) mass is 693 g/mol. The van der Waals surface area contributed by atoms with Crippen LogP contribution in [0, 0.1) is 20.8 Å². The molecule has 0 amide bonds. The van der Waals surface area contributed by atoms with Crippen LogP contribution in [0.2, 0.25) is 0 Å². The Kier molecular flexibility index (Phi) is 6.72. The molecule has 1 aliphatic rings. The van der Waals surface area contributed by atoms with Crippen molar-refractivity contribution in [2.45, 2.75) is 33.6 Å². The molecule has 0 unspecified atom stereocenters. The lowest BCUT2D eigenvalue weighted by molar-refractivity contribution is 0.880. The van der Waals surface area contributed by atoms with Gasteiger partial charge in [0.25, 0.3) is 0 Å². The fourth-order valence-electron chi connectivity index (χ4n) is 9.58. The zero-order valence-corrected chi connectivity index (χ0v) is 30.8. The van der Waals surface area contributed by atoms with E-state index in [2.05, 4.69) is 192 Å². The molecule has 0 N–H and O–H groups in total. The number of aromatic nitrogens is 3. The van der Waals surface area contributed by atoms with Crippen molar-refractivity contribution < 1.29 is 0 Å². The quantitative estimate of drug-likeness (QED) is 0.174. The summed E-state index contributed by atoms with van der Waals surface area (Å²) < 4.78 is 7.38. The van der Waals surface area contributed by atoms with Crippen LogP contribution in [0.4, 0.5) is 0 Å². The van der Waals surface area contributed by atoms with E-state index in [0.717, 1.165) is 24.2 Å². The van der Waals surface area contributed by atoms with Crippen LogP contribution in [0.15, 0.2) is 152 Å². The second-order valence-electron chi connectivity index (χ2n) is 15.1. The summed E-state index contributed by atoms with van der Waals surface area (Å²) in [6.07, 6.45) is 6.81. The van der Waals surface area contributed by atoms with Gasteiger partial charge in [-0.1, -0.05) is 103 Å². The highest BCUT2D eigenvalue weighted by atomic mass is 15.0. The van der Waals surface area contributed by atoms with E-state index in [0.29, 0.717) is 0 Å². The lowest BCUT2D eigenvalue weighted by Crippen LogP contribution is -2.06. The lowest BCUT2D eigenvalue weighted by Gasteiger charge is -2.18. The van der Waals surface area contributed by atoms with Crippen LogP contribution < -0.4 is 0 Å². The molecule has 258 valence electrons. The number of allylic oxidation sites excluding steroid dienone is 1. The maximum absolute atomic E-state index is 2.55. The van der Waals surface area contributed by atoms with Crippen molar-refractivity contribution in [1.82, 2.24) is 13.7 Å². The minimum Gasteiger partial charge on any atom is -0.312 e. The normalized spacial score (nSPS) is 12.9. The molecule has 3 aromatic heterocycles. The highest BCUT2D eigenvalue weighted by molar-refractivity contribution is 6.11. The number of aryl methyl sites for hydroxylation is 3. The van der Waals surface area contributed by atoms with E-state index in [1.165, 1.54) is 99.3 Å². The van der Waals surface area contributed by atoms with Crippen LogP contribution in [0.1, 0.15) is 34.4 Å². The Bertz CT molecular complexity index is 3120. The number of rotatable bonds is 4. The van der Waals surface area contributed by atoms with Gasteiger partial charge in [0.1, 0.15) is 0 Å². The molecule has 54 heavy (non-hydrogen) atoms. The predicted octanol–water partition coefficient (Wildman–Crippen LogP) is 13.4. The number of para-hydroxylation sites is 3. The van der Waals surface area contributed by atoms with E-state index in [1.807, 2.05) is 0 Å². The SMILES string of the molecule is Cc1cc(C)c(-n2c3c(c4cc(-c5ccc6c(c5)c5ccccc5n6-c5cccc(-n6c7ccccc7c7ccccc76)c5)ccc42)C=CCC3)c(C)c1. The number of hydrogen-bond acceptors (Lipinski definition) is 0. The first kappa shape index (κ1) is 31.0. The van der Waals surface area contributed by atoms with E-state index >= 15 is 0 Å². The molecule has 3 nitrogen and oxygen atoms in total. The topological polar surface area (TPSA) is 14.8 Å². The van der Waals surface area contributed by atoms with Gasteiger partial charge in [0.05, 0.1) is 33.3 Å². The molecule has 0 saturated heterocycles. The summed E-state index contributed by atoms with van der Waals surface area (Å²) >= 11 is 0. The summed E-state index contributed by atoms with van der Waals surface area (Å²) in [7, 11) is 0. The van der Waals surface area contributed by atoms with Crippen molar-refractivity contribution in [3.8, 4) is 28.2 Å². The van der Waals surface area contributed by atoms with E-state index < -0.39 is 0 Å². The summed E-state index contributed by atoms with van der Waals surface area (Å²) in [6, 6.07) is 54.1. The summed E-state index contributed by atoms with van der Waals surface area (Å²) in [5.41, 5.74) is 19.0. The Morgan fingerprint density at radius 3 is 1.52 bits per heavy atom. The largest absolute Gasteiger partial charge is 0.312 e. The van der Waals surface area contributed by atoms with Gasteiger partial charge in [0.15, 0.2) is 0 Å². The first-order chi connectivity index (χ1) is 26.5. The third-order valence-corrected chi connectivity index (χ3v) is 11.7. The predicted molar refractivity (Wildman–Crippen MR) is 229 cm³/mol. The van der Waals surface area contributed by atoms with E-state index in [4.69, 9.17) is 0 Å². The van der Waals surface area contributed by atoms with Crippen LogP contribution >= 0.6 is 0 Å². The second-order valence-corrected chi connectivity index (χ2v) is 15.1. The molecule has 0 fully saturated rings. The molecule has 0 aliphatic heterocycles. The zero-order chi connectivity index (χ0) is 36.1. The Labute approximate surface area is 314 Å². The van der Waals surface area contributed by atoms with Gasteiger partial charge in [0, 0.05) is 49.6 Å². The Hall–Kier alpha value is -6.58. The average Bonchev–Trinajstić information content (AvgIpc) is 3.83. The molecule has 1 aliphatic carbocycles. The van der Waals surface area contributed by atoms with Gasteiger partial charge in [-0.15, -0.1) is 0 Å². The Balaban J connectivity index is 1.08. The summed E-state index contributed by atoms with van der Waals surface area (Å²) in [4.78, 5) is 0. The highest BCUT2D eigenvalue weighted by Crippen LogP contribution is 2.40. The van der Waals surface area contributed by atoms with E-state index in [1.54, 1.807) is 0 Å². The van der Waals surface area contributed by atoms with Gasteiger partial charge >= 0.3 is 0 Å². The molecule has 0 spiro atoms. The van der Waals surface area contributed by atoms with Crippen molar-refractivity contribution in [2.24, 2.45) is 0 Å². The smallest absolute Gasteiger partial charge is 0.0541 e. The molecule has 0 radical (unpaired) electrons. The fourth-order valence-corrected chi connectivity index (χ4v) is 9.58. The van der Waals surface area contributed by atoms with Gasteiger partial charge in [-0.2, -0.15) is 0 Å². The van der Waals surface area contributed by atoms with Crippen molar-refractivity contribution >= 4 is 60.6 Å². The molecule has 0 atom stereocenters.